The van der Waals surface area contributed by atoms with Gasteiger partial charge in [-0.05, 0) is 39.3 Å². The fourth-order valence-electron chi connectivity index (χ4n) is 2.53. The summed E-state index contributed by atoms with van der Waals surface area (Å²) >= 11 is 0. The van der Waals surface area contributed by atoms with E-state index in [9.17, 15) is 0 Å². The van der Waals surface area contributed by atoms with Crippen LogP contribution in [0.4, 0.5) is 0 Å². The highest BCUT2D eigenvalue weighted by atomic mass is 16.5. The number of hydrogen-bond acceptors (Lipinski definition) is 2. The minimum Gasteiger partial charge on any atom is -0.487 e. The lowest BCUT2D eigenvalue weighted by Crippen LogP contribution is -2.40. The zero-order chi connectivity index (χ0) is 13.3. The molecule has 0 radical (unpaired) electrons. The standard InChI is InChI=1S/C16H25NO/c1-11(2)10-17-14-9-16(4,5)18-15-7-6-12(3)8-13(14)15/h6-8,11,14,17H,9-10H2,1-5H3. The molecule has 0 bridgehead atoms. The highest BCUT2D eigenvalue weighted by Gasteiger charge is 2.33. The number of fused-ring (bicyclic) bond motifs is 1. The molecule has 18 heavy (non-hydrogen) atoms. The third-order valence-corrected chi connectivity index (χ3v) is 3.40. The summed E-state index contributed by atoms with van der Waals surface area (Å²) in [4.78, 5) is 0. The van der Waals surface area contributed by atoms with E-state index in [1.54, 1.807) is 0 Å². The molecule has 1 unspecified atom stereocenters. The van der Waals surface area contributed by atoms with Crippen LogP contribution in [0.1, 0.15) is 51.3 Å². The van der Waals surface area contributed by atoms with Crippen molar-refractivity contribution in [1.29, 1.82) is 0 Å². The number of aryl methyl sites for hydroxylation is 1. The van der Waals surface area contributed by atoms with E-state index in [2.05, 4.69) is 58.1 Å². The number of rotatable bonds is 3. The van der Waals surface area contributed by atoms with Gasteiger partial charge < -0.3 is 10.1 Å². The molecule has 1 aromatic rings. The Balaban J connectivity index is 2.26. The first-order chi connectivity index (χ1) is 8.37. The minimum atomic E-state index is -0.0864. The Morgan fingerprint density at radius 3 is 2.78 bits per heavy atom. The molecule has 2 heteroatoms. The Morgan fingerprint density at radius 1 is 1.39 bits per heavy atom. The average molecular weight is 247 g/mol. The summed E-state index contributed by atoms with van der Waals surface area (Å²) in [7, 11) is 0. The second-order valence-corrected chi connectivity index (χ2v) is 6.46. The Labute approximate surface area is 111 Å². The third-order valence-electron chi connectivity index (χ3n) is 3.40. The van der Waals surface area contributed by atoms with E-state index < -0.39 is 0 Å². The Morgan fingerprint density at radius 2 is 2.11 bits per heavy atom. The summed E-state index contributed by atoms with van der Waals surface area (Å²) in [6.07, 6.45) is 1.02. The van der Waals surface area contributed by atoms with Gasteiger partial charge in [0, 0.05) is 18.0 Å². The SMILES string of the molecule is Cc1ccc2c(c1)C(NCC(C)C)CC(C)(C)O2. The highest BCUT2D eigenvalue weighted by Crippen LogP contribution is 2.39. The topological polar surface area (TPSA) is 21.3 Å². The van der Waals surface area contributed by atoms with E-state index in [1.165, 1.54) is 11.1 Å². The van der Waals surface area contributed by atoms with Crippen LogP contribution in [0.2, 0.25) is 0 Å². The summed E-state index contributed by atoms with van der Waals surface area (Å²) < 4.78 is 6.07. The molecular formula is C16H25NO. The van der Waals surface area contributed by atoms with Crippen LogP contribution in [0.5, 0.6) is 5.75 Å². The van der Waals surface area contributed by atoms with E-state index in [4.69, 9.17) is 4.74 Å². The first-order valence-electron chi connectivity index (χ1n) is 6.90. The maximum absolute atomic E-state index is 6.07. The van der Waals surface area contributed by atoms with Gasteiger partial charge >= 0.3 is 0 Å². The summed E-state index contributed by atoms with van der Waals surface area (Å²) in [6, 6.07) is 6.89. The number of nitrogens with one attached hydrogen (secondary N) is 1. The van der Waals surface area contributed by atoms with Gasteiger partial charge in [0.2, 0.25) is 0 Å². The van der Waals surface area contributed by atoms with Gasteiger partial charge in [0.15, 0.2) is 0 Å². The van der Waals surface area contributed by atoms with Crippen molar-refractivity contribution >= 4 is 0 Å². The molecule has 1 N–H and O–H groups in total. The number of hydrogen-bond donors (Lipinski definition) is 1. The van der Waals surface area contributed by atoms with Crippen molar-refractivity contribution in [2.45, 2.75) is 52.7 Å². The molecule has 1 aliphatic rings. The van der Waals surface area contributed by atoms with Crippen LogP contribution >= 0.6 is 0 Å². The van der Waals surface area contributed by atoms with E-state index in [1.807, 2.05) is 0 Å². The van der Waals surface area contributed by atoms with Crippen LogP contribution in [-0.4, -0.2) is 12.1 Å². The van der Waals surface area contributed by atoms with Crippen LogP contribution in [0, 0.1) is 12.8 Å². The van der Waals surface area contributed by atoms with Crippen molar-refractivity contribution in [3.63, 3.8) is 0 Å². The monoisotopic (exact) mass is 247 g/mol. The predicted molar refractivity (Wildman–Crippen MR) is 76.1 cm³/mol. The quantitative estimate of drug-likeness (QED) is 0.876. The molecule has 1 aromatic carbocycles. The van der Waals surface area contributed by atoms with Crippen LogP contribution in [-0.2, 0) is 0 Å². The van der Waals surface area contributed by atoms with E-state index in [-0.39, 0.29) is 5.60 Å². The highest BCUT2D eigenvalue weighted by molar-refractivity contribution is 5.41. The zero-order valence-corrected chi connectivity index (χ0v) is 12.2. The molecule has 1 heterocycles. The predicted octanol–water partition coefficient (Wildman–Crippen LogP) is 3.84. The van der Waals surface area contributed by atoms with E-state index >= 15 is 0 Å². The first kappa shape index (κ1) is 13.4. The lowest BCUT2D eigenvalue weighted by atomic mass is 9.88. The molecular weight excluding hydrogens is 222 g/mol. The zero-order valence-electron chi connectivity index (χ0n) is 12.2. The molecule has 0 fully saturated rings. The van der Waals surface area contributed by atoms with E-state index in [0.717, 1.165) is 18.7 Å². The maximum atomic E-state index is 6.07. The molecule has 0 saturated heterocycles. The van der Waals surface area contributed by atoms with Crippen molar-refractivity contribution in [2.75, 3.05) is 6.54 Å². The lowest BCUT2D eigenvalue weighted by Gasteiger charge is -2.38. The summed E-state index contributed by atoms with van der Waals surface area (Å²) in [5, 5.41) is 3.68. The molecule has 0 aromatic heterocycles. The minimum absolute atomic E-state index is 0.0864. The fraction of sp³-hybridized carbons (Fsp3) is 0.625. The van der Waals surface area contributed by atoms with Gasteiger partial charge in [-0.1, -0.05) is 31.5 Å². The molecule has 2 nitrogen and oxygen atoms in total. The first-order valence-corrected chi connectivity index (χ1v) is 6.90. The van der Waals surface area contributed by atoms with E-state index in [0.29, 0.717) is 12.0 Å². The third kappa shape index (κ3) is 3.05. The lowest BCUT2D eigenvalue weighted by molar-refractivity contribution is 0.0654. The van der Waals surface area contributed by atoms with Gasteiger partial charge in [-0.2, -0.15) is 0 Å². The molecule has 2 rings (SSSR count). The van der Waals surface area contributed by atoms with Gasteiger partial charge in [0.1, 0.15) is 11.4 Å². The van der Waals surface area contributed by atoms with Crippen LogP contribution in [0.15, 0.2) is 18.2 Å². The summed E-state index contributed by atoms with van der Waals surface area (Å²) in [6.45, 7) is 12.0. The van der Waals surface area contributed by atoms with Crippen LogP contribution in [0.3, 0.4) is 0 Å². The van der Waals surface area contributed by atoms with Crippen molar-refractivity contribution < 1.29 is 4.74 Å². The van der Waals surface area contributed by atoms with Gasteiger partial charge in [-0.15, -0.1) is 0 Å². The average Bonchev–Trinajstić information content (AvgIpc) is 2.26. The molecule has 0 spiro atoms. The second kappa shape index (κ2) is 4.93. The summed E-state index contributed by atoms with van der Waals surface area (Å²) in [5.41, 5.74) is 2.53. The normalized spacial score (nSPS) is 21.6. The molecule has 0 aliphatic carbocycles. The van der Waals surface area contributed by atoms with Crippen molar-refractivity contribution in [1.82, 2.24) is 5.32 Å². The molecule has 0 saturated carbocycles. The maximum Gasteiger partial charge on any atom is 0.124 e. The Hall–Kier alpha value is -1.02. The number of benzene rings is 1. The number of ether oxygens (including phenoxy) is 1. The Bertz CT molecular complexity index is 423. The smallest absolute Gasteiger partial charge is 0.124 e. The van der Waals surface area contributed by atoms with Gasteiger partial charge in [0.05, 0.1) is 0 Å². The molecule has 1 aliphatic heterocycles. The Kier molecular flexibility index (Phi) is 3.67. The molecule has 1 atom stereocenters. The summed E-state index contributed by atoms with van der Waals surface area (Å²) in [5.74, 6) is 1.71. The van der Waals surface area contributed by atoms with Gasteiger partial charge in [-0.3, -0.25) is 0 Å². The van der Waals surface area contributed by atoms with Crippen molar-refractivity contribution in [3.8, 4) is 5.75 Å². The van der Waals surface area contributed by atoms with Crippen molar-refractivity contribution in [2.24, 2.45) is 5.92 Å². The van der Waals surface area contributed by atoms with Gasteiger partial charge in [-0.25, -0.2) is 0 Å². The molecule has 100 valence electrons. The van der Waals surface area contributed by atoms with Crippen LogP contribution < -0.4 is 10.1 Å². The largest absolute Gasteiger partial charge is 0.487 e. The fourth-order valence-corrected chi connectivity index (χ4v) is 2.53. The van der Waals surface area contributed by atoms with Crippen LogP contribution in [0.25, 0.3) is 0 Å². The second-order valence-electron chi connectivity index (χ2n) is 6.46. The van der Waals surface area contributed by atoms with Crippen molar-refractivity contribution in [3.05, 3.63) is 29.3 Å². The van der Waals surface area contributed by atoms with Gasteiger partial charge in [0.25, 0.3) is 0 Å². The molecule has 0 amide bonds.